The molecule has 1 rings (SSSR count). The molecule has 1 atom stereocenters. The zero-order valence-corrected chi connectivity index (χ0v) is 11.8. The molecule has 0 heterocycles. The summed E-state index contributed by atoms with van der Waals surface area (Å²) >= 11 is 0. The lowest BCUT2D eigenvalue weighted by molar-refractivity contribution is -0.138. The number of carboxylic acid groups (broad SMARTS) is 1. The molecular formula is C12H13NO7S. The number of nitrogens with one attached hydrogen (secondary N) is 1. The number of amides is 1. The Morgan fingerprint density at radius 1 is 1.19 bits per heavy atom. The van der Waals surface area contributed by atoms with Crippen molar-refractivity contribution >= 4 is 27.8 Å². The van der Waals surface area contributed by atoms with Gasteiger partial charge in [0.05, 0.1) is 5.56 Å². The van der Waals surface area contributed by atoms with E-state index in [-0.39, 0.29) is 11.1 Å². The molecule has 0 aliphatic rings. The van der Waals surface area contributed by atoms with Gasteiger partial charge in [-0.1, -0.05) is 18.2 Å². The fraction of sp³-hybridized carbons (Fsp3) is 0.250. The Balaban J connectivity index is 3.03. The molecule has 9 heteroatoms. The molecule has 0 saturated heterocycles. The van der Waals surface area contributed by atoms with E-state index >= 15 is 0 Å². The van der Waals surface area contributed by atoms with Crippen LogP contribution in [-0.4, -0.2) is 47.5 Å². The number of carbonyl (C=O) groups excluding carboxylic acids is 2. The van der Waals surface area contributed by atoms with Crippen molar-refractivity contribution in [2.75, 3.05) is 5.75 Å². The maximum absolute atomic E-state index is 12.0. The summed E-state index contributed by atoms with van der Waals surface area (Å²) in [5.41, 5.74) is -0.00224. The highest BCUT2D eigenvalue weighted by atomic mass is 32.2. The molecule has 0 aliphatic heterocycles. The van der Waals surface area contributed by atoms with Crippen LogP contribution in [0.15, 0.2) is 24.3 Å². The topological polar surface area (TPSA) is 138 Å². The van der Waals surface area contributed by atoms with Crippen molar-refractivity contribution in [3.63, 3.8) is 0 Å². The molecule has 114 valence electrons. The fourth-order valence-corrected chi connectivity index (χ4v) is 2.26. The van der Waals surface area contributed by atoms with Crippen LogP contribution in [-0.2, 0) is 14.9 Å². The normalized spacial score (nSPS) is 12.5. The number of hydrogen-bond donors (Lipinski definition) is 3. The quantitative estimate of drug-likeness (QED) is 0.494. The first-order valence-electron chi connectivity index (χ1n) is 5.70. The van der Waals surface area contributed by atoms with Crippen molar-refractivity contribution in [2.45, 2.75) is 13.0 Å². The zero-order chi connectivity index (χ0) is 16.2. The first-order valence-corrected chi connectivity index (χ1v) is 7.31. The second-order valence-electron chi connectivity index (χ2n) is 4.21. The number of Topliss-reactive ketones (excluding diaryl/α,β-unsaturated/α-hetero) is 1. The highest BCUT2D eigenvalue weighted by Crippen LogP contribution is 2.10. The summed E-state index contributed by atoms with van der Waals surface area (Å²) in [4.78, 5) is 34.3. The summed E-state index contributed by atoms with van der Waals surface area (Å²) in [6.45, 7) is 1.24. The number of aliphatic carboxylic acids is 1. The minimum atomic E-state index is -4.59. The van der Waals surface area contributed by atoms with Crippen LogP contribution >= 0.6 is 0 Å². The average Bonchev–Trinajstić information content (AvgIpc) is 2.36. The standard InChI is InChI=1S/C12H13NO7S/c1-7(14)8-4-2-3-5-9(8)11(15)13-10(12(16)17)6-21(18,19)20/h2-5,10H,6H2,1H3,(H,13,15)(H,16,17)(H,18,19,20). The number of ketones is 1. The van der Waals surface area contributed by atoms with E-state index in [0.717, 1.165) is 0 Å². The minimum absolute atomic E-state index is 0.0750. The summed E-state index contributed by atoms with van der Waals surface area (Å²) in [7, 11) is -4.59. The van der Waals surface area contributed by atoms with Gasteiger partial charge in [0.25, 0.3) is 16.0 Å². The van der Waals surface area contributed by atoms with Crippen molar-refractivity contribution in [3.8, 4) is 0 Å². The van der Waals surface area contributed by atoms with Gasteiger partial charge in [-0.15, -0.1) is 0 Å². The van der Waals surface area contributed by atoms with Crippen LogP contribution in [0, 0.1) is 0 Å². The predicted molar refractivity (Wildman–Crippen MR) is 71.8 cm³/mol. The van der Waals surface area contributed by atoms with Crippen molar-refractivity contribution in [1.82, 2.24) is 5.32 Å². The van der Waals surface area contributed by atoms with Gasteiger partial charge in [-0.2, -0.15) is 8.42 Å². The van der Waals surface area contributed by atoms with Crippen LogP contribution in [0.1, 0.15) is 27.6 Å². The van der Waals surface area contributed by atoms with E-state index in [1.807, 2.05) is 5.32 Å². The highest BCUT2D eigenvalue weighted by molar-refractivity contribution is 7.85. The molecule has 0 fully saturated rings. The van der Waals surface area contributed by atoms with Gasteiger partial charge in [-0.05, 0) is 13.0 Å². The van der Waals surface area contributed by atoms with Gasteiger partial charge in [-0.3, -0.25) is 14.1 Å². The predicted octanol–water partition coefficient (Wildman–Crippen LogP) is -0.0400. The maximum Gasteiger partial charge on any atom is 0.327 e. The molecule has 21 heavy (non-hydrogen) atoms. The minimum Gasteiger partial charge on any atom is -0.480 e. The third-order valence-electron chi connectivity index (χ3n) is 2.53. The molecule has 1 aromatic carbocycles. The SMILES string of the molecule is CC(=O)c1ccccc1C(=O)NC(CS(=O)(=O)O)C(=O)O. The maximum atomic E-state index is 12.0. The van der Waals surface area contributed by atoms with Gasteiger partial charge in [0.2, 0.25) is 0 Å². The summed E-state index contributed by atoms with van der Waals surface area (Å²) in [5, 5.41) is 10.8. The molecule has 0 aromatic heterocycles. The van der Waals surface area contributed by atoms with Crippen molar-refractivity contribution in [3.05, 3.63) is 35.4 Å². The number of carbonyl (C=O) groups is 3. The fourth-order valence-electron chi connectivity index (χ4n) is 1.61. The highest BCUT2D eigenvalue weighted by Gasteiger charge is 2.27. The Hall–Kier alpha value is -2.26. The Morgan fingerprint density at radius 2 is 1.71 bits per heavy atom. The number of carboxylic acids is 1. The second kappa shape index (κ2) is 6.46. The lowest BCUT2D eigenvalue weighted by Crippen LogP contribution is -2.45. The van der Waals surface area contributed by atoms with Gasteiger partial charge in [0.15, 0.2) is 5.78 Å². The summed E-state index contributed by atoms with van der Waals surface area (Å²) in [6, 6.07) is 3.86. The first-order chi connectivity index (χ1) is 9.61. The molecule has 0 bridgehead atoms. The van der Waals surface area contributed by atoms with E-state index in [4.69, 9.17) is 9.66 Å². The Bertz CT molecular complexity index is 681. The van der Waals surface area contributed by atoms with E-state index < -0.39 is 39.6 Å². The molecule has 1 amide bonds. The molecule has 0 saturated carbocycles. The summed E-state index contributed by atoms with van der Waals surface area (Å²) in [6.07, 6.45) is 0. The smallest absolute Gasteiger partial charge is 0.327 e. The van der Waals surface area contributed by atoms with Gasteiger partial charge in [0, 0.05) is 5.56 Å². The first kappa shape index (κ1) is 16.8. The molecule has 3 N–H and O–H groups in total. The third kappa shape index (κ3) is 4.97. The van der Waals surface area contributed by atoms with Crippen molar-refractivity contribution in [1.29, 1.82) is 0 Å². The monoisotopic (exact) mass is 315 g/mol. The van der Waals surface area contributed by atoms with Crippen LogP contribution in [0.2, 0.25) is 0 Å². The summed E-state index contributed by atoms with van der Waals surface area (Å²) in [5.74, 6) is -4.11. The number of benzene rings is 1. The molecule has 1 unspecified atom stereocenters. The van der Waals surface area contributed by atoms with E-state index in [2.05, 4.69) is 0 Å². The molecule has 8 nitrogen and oxygen atoms in total. The average molecular weight is 315 g/mol. The second-order valence-corrected chi connectivity index (χ2v) is 5.71. The molecule has 0 aliphatic carbocycles. The Morgan fingerprint density at radius 3 is 2.14 bits per heavy atom. The van der Waals surface area contributed by atoms with E-state index in [1.165, 1.54) is 31.2 Å². The zero-order valence-electron chi connectivity index (χ0n) is 10.9. The number of hydrogen-bond acceptors (Lipinski definition) is 5. The van der Waals surface area contributed by atoms with Crippen LogP contribution in [0.4, 0.5) is 0 Å². The molecule has 0 radical (unpaired) electrons. The van der Waals surface area contributed by atoms with E-state index in [1.54, 1.807) is 0 Å². The number of rotatable bonds is 6. The van der Waals surface area contributed by atoms with E-state index in [9.17, 15) is 22.8 Å². The van der Waals surface area contributed by atoms with Gasteiger partial charge < -0.3 is 10.4 Å². The largest absolute Gasteiger partial charge is 0.480 e. The molecular weight excluding hydrogens is 302 g/mol. The van der Waals surface area contributed by atoms with Crippen LogP contribution in [0.25, 0.3) is 0 Å². The Labute approximate surface area is 120 Å². The van der Waals surface area contributed by atoms with E-state index in [0.29, 0.717) is 0 Å². The van der Waals surface area contributed by atoms with Gasteiger partial charge in [-0.25, -0.2) is 4.79 Å². The third-order valence-corrected chi connectivity index (χ3v) is 3.29. The lowest BCUT2D eigenvalue weighted by atomic mass is 10.0. The van der Waals surface area contributed by atoms with Gasteiger partial charge >= 0.3 is 5.97 Å². The Kier molecular flexibility index (Phi) is 5.17. The lowest BCUT2D eigenvalue weighted by Gasteiger charge is -2.14. The van der Waals surface area contributed by atoms with Gasteiger partial charge in [0.1, 0.15) is 11.8 Å². The molecule has 0 spiro atoms. The van der Waals surface area contributed by atoms with Crippen LogP contribution < -0.4 is 5.32 Å². The summed E-state index contributed by atoms with van der Waals surface area (Å²) < 4.78 is 30.1. The molecule has 1 aromatic rings. The van der Waals surface area contributed by atoms with Crippen LogP contribution in [0.5, 0.6) is 0 Å². The van der Waals surface area contributed by atoms with Crippen molar-refractivity contribution in [2.24, 2.45) is 0 Å². The van der Waals surface area contributed by atoms with Crippen LogP contribution in [0.3, 0.4) is 0 Å². The van der Waals surface area contributed by atoms with Crippen molar-refractivity contribution < 1.29 is 32.5 Å².